The highest BCUT2D eigenvalue weighted by Gasteiger charge is 2.52. The van der Waals surface area contributed by atoms with Crippen molar-refractivity contribution in [3.8, 4) is 0 Å². The Kier molecular flexibility index (Phi) is 3.75. The molecule has 1 aliphatic carbocycles. The number of fused-ring (bicyclic) bond motifs is 2. The van der Waals surface area contributed by atoms with E-state index in [-0.39, 0.29) is 42.1 Å². The number of hydrogen-bond donors (Lipinski definition) is 0. The Morgan fingerprint density at radius 1 is 1.00 bits per heavy atom. The molecule has 2 saturated heterocycles. The highest BCUT2D eigenvalue weighted by molar-refractivity contribution is 6.06. The van der Waals surface area contributed by atoms with Gasteiger partial charge in [-0.25, -0.2) is 4.79 Å². The summed E-state index contributed by atoms with van der Waals surface area (Å²) in [6, 6.07) is 6.67. The molecule has 2 fully saturated rings. The van der Waals surface area contributed by atoms with E-state index in [9.17, 15) is 19.2 Å². The Labute approximate surface area is 160 Å². The largest absolute Gasteiger partial charge is 0.420 e. The van der Waals surface area contributed by atoms with Gasteiger partial charge < -0.3 is 9.32 Å². The molecule has 3 heterocycles. The van der Waals surface area contributed by atoms with Crippen molar-refractivity contribution >= 4 is 28.8 Å². The van der Waals surface area contributed by atoms with Crippen molar-refractivity contribution in [2.24, 2.45) is 11.8 Å². The molecular formula is C20H19N3O5. The van der Waals surface area contributed by atoms with E-state index in [2.05, 4.69) is 0 Å². The van der Waals surface area contributed by atoms with E-state index in [0.717, 1.165) is 0 Å². The first-order valence-electron chi connectivity index (χ1n) is 9.42. The number of likely N-dealkylation sites (tertiary alicyclic amines) is 2. The molecule has 28 heavy (non-hydrogen) atoms. The molecule has 0 spiro atoms. The Bertz CT molecular complexity index is 1050. The fraction of sp³-hybridized carbons (Fsp3) is 0.400. The van der Waals surface area contributed by atoms with Crippen LogP contribution in [0.3, 0.4) is 0 Å². The monoisotopic (exact) mass is 381 g/mol. The van der Waals surface area contributed by atoms with Crippen LogP contribution in [0.25, 0.3) is 11.1 Å². The van der Waals surface area contributed by atoms with Crippen LogP contribution in [-0.4, -0.2) is 51.2 Å². The third-order valence-corrected chi connectivity index (χ3v) is 5.99. The molecule has 0 saturated carbocycles. The Morgan fingerprint density at radius 2 is 1.64 bits per heavy atom. The minimum Gasteiger partial charge on any atom is -0.408 e. The molecule has 0 bridgehead atoms. The number of oxazole rings is 1. The van der Waals surface area contributed by atoms with Crippen molar-refractivity contribution in [1.82, 2.24) is 14.4 Å². The van der Waals surface area contributed by atoms with E-state index in [1.807, 2.05) is 12.2 Å². The maximum Gasteiger partial charge on any atom is 0.420 e. The van der Waals surface area contributed by atoms with Crippen LogP contribution in [0.15, 0.2) is 45.6 Å². The number of benzene rings is 1. The fourth-order valence-corrected chi connectivity index (χ4v) is 4.41. The van der Waals surface area contributed by atoms with Gasteiger partial charge in [0.05, 0.1) is 23.4 Å². The quantitative estimate of drug-likeness (QED) is 0.578. The average molecular weight is 381 g/mol. The molecule has 0 unspecified atom stereocenters. The van der Waals surface area contributed by atoms with Crippen LogP contribution in [0.4, 0.5) is 0 Å². The van der Waals surface area contributed by atoms with Gasteiger partial charge in [0.15, 0.2) is 5.58 Å². The van der Waals surface area contributed by atoms with Gasteiger partial charge in [0.1, 0.15) is 6.54 Å². The van der Waals surface area contributed by atoms with Gasteiger partial charge in [0.25, 0.3) is 0 Å². The lowest BCUT2D eigenvalue weighted by Gasteiger charge is -2.43. The molecule has 144 valence electrons. The predicted molar refractivity (Wildman–Crippen MR) is 98.0 cm³/mol. The maximum absolute atomic E-state index is 12.6. The molecule has 0 radical (unpaired) electrons. The van der Waals surface area contributed by atoms with E-state index in [4.69, 9.17) is 4.42 Å². The second-order valence-corrected chi connectivity index (χ2v) is 7.58. The van der Waals surface area contributed by atoms with Crippen LogP contribution in [0.5, 0.6) is 0 Å². The zero-order chi connectivity index (χ0) is 19.4. The molecule has 1 aromatic carbocycles. The van der Waals surface area contributed by atoms with Crippen LogP contribution in [0.2, 0.25) is 0 Å². The predicted octanol–water partition coefficient (Wildman–Crippen LogP) is 0.757. The summed E-state index contributed by atoms with van der Waals surface area (Å²) in [7, 11) is 0. The van der Waals surface area contributed by atoms with E-state index in [0.29, 0.717) is 37.0 Å². The number of imide groups is 1. The van der Waals surface area contributed by atoms with Crippen molar-refractivity contribution < 1.29 is 18.8 Å². The molecule has 3 aliphatic rings. The number of carbonyl (C=O) groups excluding carboxylic acids is 3. The Morgan fingerprint density at radius 3 is 2.32 bits per heavy atom. The van der Waals surface area contributed by atoms with Gasteiger partial charge in [-0.2, -0.15) is 0 Å². The van der Waals surface area contributed by atoms with Crippen molar-refractivity contribution in [2.75, 3.05) is 13.1 Å². The molecule has 2 aliphatic heterocycles. The summed E-state index contributed by atoms with van der Waals surface area (Å²) >= 11 is 0. The second kappa shape index (κ2) is 6.19. The summed E-state index contributed by atoms with van der Waals surface area (Å²) in [5, 5.41) is 0. The maximum atomic E-state index is 12.6. The highest BCUT2D eigenvalue weighted by atomic mass is 16.4. The van der Waals surface area contributed by atoms with Gasteiger partial charge in [-0.3, -0.25) is 23.9 Å². The molecule has 2 atom stereocenters. The number of para-hydroxylation sites is 2. The van der Waals surface area contributed by atoms with Gasteiger partial charge in [0.2, 0.25) is 17.7 Å². The van der Waals surface area contributed by atoms with Gasteiger partial charge in [-0.05, 0) is 25.0 Å². The van der Waals surface area contributed by atoms with E-state index in [1.165, 1.54) is 9.47 Å². The standard InChI is InChI=1S/C20H19N3O5/c24-17(11-22-15-7-3-4-8-16(15)28-20(22)27)21-9-12(10-21)23-18(25)13-5-1-2-6-14(13)19(23)26/h1-4,7-8,12-14H,5-6,9-11H2/t13-,14-/m0/s1. The molecule has 3 amide bonds. The summed E-state index contributed by atoms with van der Waals surface area (Å²) in [5.74, 6) is -1.55. The van der Waals surface area contributed by atoms with Crippen molar-refractivity contribution in [1.29, 1.82) is 0 Å². The third-order valence-electron chi connectivity index (χ3n) is 5.99. The summed E-state index contributed by atoms with van der Waals surface area (Å²) in [6.07, 6.45) is 5.13. The van der Waals surface area contributed by atoms with E-state index < -0.39 is 5.76 Å². The number of nitrogens with zero attached hydrogens (tertiary/aromatic N) is 3. The van der Waals surface area contributed by atoms with Crippen molar-refractivity contribution in [3.05, 3.63) is 47.0 Å². The van der Waals surface area contributed by atoms with Gasteiger partial charge in [-0.15, -0.1) is 0 Å². The number of allylic oxidation sites excluding steroid dienone is 2. The van der Waals surface area contributed by atoms with Crippen LogP contribution < -0.4 is 5.76 Å². The van der Waals surface area contributed by atoms with Gasteiger partial charge >= 0.3 is 5.76 Å². The van der Waals surface area contributed by atoms with Crippen LogP contribution in [0.1, 0.15) is 12.8 Å². The van der Waals surface area contributed by atoms with Crippen molar-refractivity contribution in [2.45, 2.75) is 25.4 Å². The van der Waals surface area contributed by atoms with Crippen LogP contribution >= 0.6 is 0 Å². The minimum absolute atomic E-state index is 0.117. The Hall–Kier alpha value is -3.16. The summed E-state index contributed by atoms with van der Waals surface area (Å²) in [6.45, 7) is 0.501. The lowest BCUT2D eigenvalue weighted by molar-refractivity contribution is -0.153. The second-order valence-electron chi connectivity index (χ2n) is 7.58. The van der Waals surface area contributed by atoms with E-state index in [1.54, 1.807) is 29.2 Å². The molecule has 1 aromatic heterocycles. The Balaban J connectivity index is 1.26. The van der Waals surface area contributed by atoms with Crippen molar-refractivity contribution in [3.63, 3.8) is 0 Å². The van der Waals surface area contributed by atoms with Crippen LogP contribution in [0, 0.1) is 11.8 Å². The molecular weight excluding hydrogens is 362 g/mol. The minimum atomic E-state index is -0.576. The summed E-state index contributed by atoms with van der Waals surface area (Å²) < 4.78 is 6.45. The van der Waals surface area contributed by atoms with Gasteiger partial charge in [-0.1, -0.05) is 24.3 Å². The SMILES string of the molecule is O=C(Cn1c(=O)oc2ccccc21)N1CC(N2C(=O)[C@H]3CC=CC[C@@H]3C2=O)C1. The van der Waals surface area contributed by atoms with Crippen LogP contribution in [-0.2, 0) is 20.9 Å². The topological polar surface area (TPSA) is 92.8 Å². The third kappa shape index (κ3) is 2.44. The van der Waals surface area contributed by atoms with E-state index >= 15 is 0 Å². The van der Waals surface area contributed by atoms with Gasteiger partial charge in [0, 0.05) is 13.1 Å². The molecule has 0 N–H and O–H groups in total. The number of amides is 3. The first-order valence-corrected chi connectivity index (χ1v) is 9.42. The lowest BCUT2D eigenvalue weighted by atomic mass is 9.85. The first-order chi connectivity index (χ1) is 13.5. The lowest BCUT2D eigenvalue weighted by Crippen LogP contribution is -2.63. The first kappa shape index (κ1) is 17.0. The molecule has 8 nitrogen and oxygen atoms in total. The number of carbonyl (C=O) groups is 3. The average Bonchev–Trinajstić information content (AvgIpc) is 3.10. The number of aromatic nitrogens is 1. The molecule has 8 heteroatoms. The summed E-state index contributed by atoms with van der Waals surface area (Å²) in [5.41, 5.74) is 1.01. The number of rotatable bonds is 3. The zero-order valence-corrected chi connectivity index (χ0v) is 15.1. The number of hydrogen-bond acceptors (Lipinski definition) is 5. The molecule has 5 rings (SSSR count). The molecule has 2 aromatic rings. The zero-order valence-electron chi connectivity index (χ0n) is 15.1. The normalized spacial score (nSPS) is 24.7. The fourth-order valence-electron chi connectivity index (χ4n) is 4.41. The highest BCUT2D eigenvalue weighted by Crippen LogP contribution is 2.37. The summed E-state index contributed by atoms with van der Waals surface area (Å²) in [4.78, 5) is 52.8. The smallest absolute Gasteiger partial charge is 0.408 e.